The molecule has 0 bridgehead atoms. The normalized spacial score (nSPS) is 16.6. The van der Waals surface area contributed by atoms with E-state index in [2.05, 4.69) is 4.90 Å². The third-order valence-corrected chi connectivity index (χ3v) is 3.63. The fourth-order valence-corrected chi connectivity index (χ4v) is 2.65. The zero-order valence-corrected chi connectivity index (χ0v) is 11.2. The van der Waals surface area contributed by atoms with Crippen molar-refractivity contribution in [2.45, 2.75) is 32.2 Å². The maximum Gasteiger partial charge on any atom is 0.343 e. The van der Waals surface area contributed by atoms with Crippen molar-refractivity contribution in [1.82, 2.24) is 4.90 Å². The molecule has 1 aromatic carbocycles. The Morgan fingerprint density at radius 3 is 2.45 bits per heavy atom. The zero-order valence-electron chi connectivity index (χ0n) is 11.2. The third-order valence-electron chi connectivity index (χ3n) is 3.63. The van der Waals surface area contributed by atoms with Crippen LogP contribution in [0.4, 0.5) is 5.69 Å². The summed E-state index contributed by atoms with van der Waals surface area (Å²) in [5.41, 5.74) is 0.0140. The Bertz CT molecular complexity index is 508. The summed E-state index contributed by atoms with van der Waals surface area (Å²) in [6.07, 6.45) is 4.57. The molecule has 0 radical (unpaired) electrons. The van der Waals surface area contributed by atoms with E-state index in [0.717, 1.165) is 25.9 Å². The van der Waals surface area contributed by atoms with Crippen LogP contribution in [-0.4, -0.2) is 34.0 Å². The number of benzene rings is 1. The molecule has 1 heterocycles. The highest BCUT2D eigenvalue weighted by molar-refractivity contribution is 5.94. The lowest BCUT2D eigenvalue weighted by atomic mass is 10.0. The molecule has 1 saturated heterocycles. The molecule has 1 aromatic rings. The van der Waals surface area contributed by atoms with Crippen LogP contribution in [0.15, 0.2) is 18.2 Å². The second-order valence-corrected chi connectivity index (χ2v) is 5.06. The van der Waals surface area contributed by atoms with E-state index in [9.17, 15) is 20.0 Å². The number of nitro benzene ring substituents is 1. The smallest absolute Gasteiger partial charge is 0.343 e. The van der Waals surface area contributed by atoms with Crippen molar-refractivity contribution in [1.29, 1.82) is 0 Å². The van der Waals surface area contributed by atoms with Crippen LogP contribution >= 0.6 is 0 Å². The van der Waals surface area contributed by atoms with Crippen molar-refractivity contribution < 1.29 is 14.8 Å². The number of hydrogen-bond acceptors (Lipinski definition) is 4. The predicted molar refractivity (Wildman–Crippen MR) is 73.8 cm³/mol. The third kappa shape index (κ3) is 3.33. The highest BCUT2D eigenvalue weighted by atomic mass is 16.6. The molecule has 0 atom stereocenters. The Labute approximate surface area is 117 Å². The summed E-state index contributed by atoms with van der Waals surface area (Å²) in [4.78, 5) is 23.8. The van der Waals surface area contributed by atoms with Crippen LogP contribution in [-0.2, 0) is 6.54 Å². The maximum atomic E-state index is 11.3. The van der Waals surface area contributed by atoms with Gasteiger partial charge in [0.2, 0.25) is 0 Å². The Balaban J connectivity index is 2.28. The Morgan fingerprint density at radius 2 is 1.90 bits per heavy atom. The number of nitrogens with zero attached hydrogens (tertiary/aromatic N) is 2. The molecule has 0 unspecified atom stereocenters. The monoisotopic (exact) mass is 278 g/mol. The largest absolute Gasteiger partial charge is 0.477 e. The summed E-state index contributed by atoms with van der Waals surface area (Å²) in [5.74, 6) is -1.23. The van der Waals surface area contributed by atoms with Gasteiger partial charge in [0, 0.05) is 12.6 Å². The lowest BCUT2D eigenvalue weighted by Crippen LogP contribution is -2.25. The van der Waals surface area contributed by atoms with Crippen molar-refractivity contribution in [3.8, 4) is 0 Å². The molecule has 1 aliphatic heterocycles. The molecule has 1 aliphatic rings. The minimum Gasteiger partial charge on any atom is -0.477 e. The average Bonchev–Trinajstić information content (AvgIpc) is 2.66. The average molecular weight is 278 g/mol. The summed E-state index contributed by atoms with van der Waals surface area (Å²) < 4.78 is 0. The van der Waals surface area contributed by atoms with Crippen molar-refractivity contribution >= 4 is 11.7 Å². The molecule has 0 spiro atoms. The van der Waals surface area contributed by atoms with Gasteiger partial charge in [0.05, 0.1) is 4.92 Å². The van der Waals surface area contributed by atoms with E-state index < -0.39 is 10.9 Å². The van der Waals surface area contributed by atoms with Crippen LogP contribution in [0.25, 0.3) is 0 Å². The molecule has 20 heavy (non-hydrogen) atoms. The summed E-state index contributed by atoms with van der Waals surface area (Å²) in [6.45, 7) is 2.30. The quantitative estimate of drug-likeness (QED) is 0.676. The van der Waals surface area contributed by atoms with Gasteiger partial charge in [-0.05, 0) is 31.5 Å². The molecule has 1 fully saturated rings. The number of carboxylic acids is 1. The molecule has 108 valence electrons. The second kappa shape index (κ2) is 6.47. The number of carboxylic acid groups (broad SMARTS) is 1. The molecule has 0 saturated carbocycles. The predicted octanol–water partition coefficient (Wildman–Crippen LogP) is 2.67. The fraction of sp³-hybridized carbons (Fsp3) is 0.500. The SMILES string of the molecule is O=C(O)c1c(CN2CCCCCC2)cccc1[N+](=O)[O-]. The van der Waals surface area contributed by atoms with Crippen LogP contribution in [0.3, 0.4) is 0 Å². The van der Waals surface area contributed by atoms with Gasteiger partial charge in [-0.15, -0.1) is 0 Å². The molecule has 0 amide bonds. The van der Waals surface area contributed by atoms with Crippen molar-refractivity contribution in [3.63, 3.8) is 0 Å². The number of hydrogen-bond donors (Lipinski definition) is 1. The highest BCUT2D eigenvalue weighted by Crippen LogP contribution is 2.24. The first-order valence-electron chi connectivity index (χ1n) is 6.81. The molecule has 1 N–H and O–H groups in total. The molecule has 0 aliphatic carbocycles. The maximum absolute atomic E-state index is 11.3. The number of nitro groups is 1. The van der Waals surface area contributed by atoms with E-state index in [1.54, 1.807) is 12.1 Å². The fourth-order valence-electron chi connectivity index (χ4n) is 2.65. The van der Waals surface area contributed by atoms with Crippen molar-refractivity contribution in [2.24, 2.45) is 0 Å². The van der Waals surface area contributed by atoms with E-state index in [1.807, 2.05) is 0 Å². The van der Waals surface area contributed by atoms with Crippen LogP contribution in [0.5, 0.6) is 0 Å². The minimum atomic E-state index is -1.23. The lowest BCUT2D eigenvalue weighted by molar-refractivity contribution is -0.385. The second-order valence-electron chi connectivity index (χ2n) is 5.06. The summed E-state index contributed by atoms with van der Waals surface area (Å²) in [5, 5.41) is 20.2. The number of likely N-dealkylation sites (tertiary alicyclic amines) is 1. The Hall–Kier alpha value is -1.95. The van der Waals surface area contributed by atoms with Crippen LogP contribution < -0.4 is 0 Å². The molecule has 6 nitrogen and oxygen atoms in total. The van der Waals surface area contributed by atoms with E-state index in [0.29, 0.717) is 12.1 Å². The first kappa shape index (κ1) is 14.5. The lowest BCUT2D eigenvalue weighted by Gasteiger charge is -2.20. The van der Waals surface area contributed by atoms with Gasteiger partial charge in [0.1, 0.15) is 5.56 Å². The van der Waals surface area contributed by atoms with Crippen molar-refractivity contribution in [2.75, 3.05) is 13.1 Å². The van der Waals surface area contributed by atoms with Gasteiger partial charge in [0.15, 0.2) is 0 Å². The molecule has 0 aromatic heterocycles. The number of aromatic carboxylic acids is 1. The molecular weight excluding hydrogens is 260 g/mol. The van der Waals surface area contributed by atoms with Gasteiger partial charge < -0.3 is 5.11 Å². The summed E-state index contributed by atoms with van der Waals surface area (Å²) >= 11 is 0. The number of rotatable bonds is 4. The molecule has 6 heteroatoms. The van der Waals surface area contributed by atoms with Gasteiger partial charge >= 0.3 is 5.97 Å². The van der Waals surface area contributed by atoms with Crippen LogP contribution in [0.1, 0.15) is 41.6 Å². The van der Waals surface area contributed by atoms with E-state index in [1.165, 1.54) is 18.9 Å². The first-order valence-corrected chi connectivity index (χ1v) is 6.81. The van der Waals surface area contributed by atoms with Gasteiger partial charge in [-0.3, -0.25) is 15.0 Å². The molecule has 2 rings (SSSR count). The standard InChI is InChI=1S/C14H18N2O4/c17-14(18)13-11(6-5-7-12(13)16(19)20)10-15-8-3-1-2-4-9-15/h5-7H,1-4,8-10H2,(H,17,18). The van der Waals surface area contributed by atoms with E-state index in [-0.39, 0.29) is 11.3 Å². The van der Waals surface area contributed by atoms with Crippen LogP contribution in [0.2, 0.25) is 0 Å². The van der Waals surface area contributed by atoms with Gasteiger partial charge in [-0.2, -0.15) is 0 Å². The van der Waals surface area contributed by atoms with Gasteiger partial charge in [-0.1, -0.05) is 25.0 Å². The Kier molecular flexibility index (Phi) is 4.68. The van der Waals surface area contributed by atoms with Gasteiger partial charge in [0.25, 0.3) is 5.69 Å². The van der Waals surface area contributed by atoms with E-state index in [4.69, 9.17) is 0 Å². The van der Waals surface area contributed by atoms with E-state index >= 15 is 0 Å². The number of carbonyl (C=O) groups is 1. The first-order chi connectivity index (χ1) is 9.59. The van der Waals surface area contributed by atoms with Crippen molar-refractivity contribution in [3.05, 3.63) is 39.4 Å². The van der Waals surface area contributed by atoms with Gasteiger partial charge in [-0.25, -0.2) is 4.79 Å². The summed E-state index contributed by atoms with van der Waals surface area (Å²) in [7, 11) is 0. The zero-order chi connectivity index (χ0) is 14.5. The Morgan fingerprint density at radius 1 is 1.25 bits per heavy atom. The topological polar surface area (TPSA) is 83.7 Å². The summed E-state index contributed by atoms with van der Waals surface area (Å²) in [6, 6.07) is 4.47. The van der Waals surface area contributed by atoms with Crippen LogP contribution in [0, 0.1) is 10.1 Å². The highest BCUT2D eigenvalue weighted by Gasteiger charge is 2.24. The molecular formula is C14H18N2O4. The minimum absolute atomic E-state index is 0.179.